The van der Waals surface area contributed by atoms with E-state index in [9.17, 15) is 4.79 Å². The van der Waals surface area contributed by atoms with Crippen LogP contribution in [0.5, 0.6) is 0 Å². The van der Waals surface area contributed by atoms with E-state index >= 15 is 0 Å². The van der Waals surface area contributed by atoms with Gasteiger partial charge in [-0.15, -0.1) is 0 Å². The van der Waals surface area contributed by atoms with Crippen molar-refractivity contribution in [3.05, 3.63) is 0 Å². The number of carbonyl (C=O) groups excluding carboxylic acids is 1. The fraction of sp³-hybridized carbons (Fsp3) is 0.923. The van der Waals surface area contributed by atoms with Crippen LogP contribution in [0.4, 0.5) is 0 Å². The van der Waals surface area contributed by atoms with Gasteiger partial charge in [-0.1, -0.05) is 0 Å². The number of rotatable bonds is 4. The van der Waals surface area contributed by atoms with Gasteiger partial charge in [0.25, 0.3) is 0 Å². The molecule has 0 aromatic rings. The second-order valence-electron chi connectivity index (χ2n) is 5.91. The number of fused-ring (bicyclic) bond motifs is 1. The molecule has 3 aliphatic rings. The Kier molecular flexibility index (Phi) is 3.09. The van der Waals surface area contributed by atoms with E-state index in [1.165, 1.54) is 32.2 Å². The SMILES string of the molecule is NC(CC(=O)NC1CCN2CCCC12)C1CC1. The van der Waals surface area contributed by atoms with Crippen LogP contribution in [0.3, 0.4) is 0 Å². The van der Waals surface area contributed by atoms with Gasteiger partial charge in [-0.25, -0.2) is 0 Å². The van der Waals surface area contributed by atoms with Crippen molar-refractivity contribution in [1.82, 2.24) is 10.2 Å². The van der Waals surface area contributed by atoms with Crippen molar-refractivity contribution in [1.29, 1.82) is 0 Å². The van der Waals surface area contributed by atoms with Crippen molar-refractivity contribution < 1.29 is 4.79 Å². The van der Waals surface area contributed by atoms with Crippen molar-refractivity contribution >= 4 is 5.91 Å². The zero-order chi connectivity index (χ0) is 11.8. The maximum Gasteiger partial charge on any atom is 0.221 e. The maximum atomic E-state index is 11.9. The summed E-state index contributed by atoms with van der Waals surface area (Å²) in [6.07, 6.45) is 6.61. The molecule has 2 aliphatic heterocycles. The Labute approximate surface area is 103 Å². The van der Waals surface area contributed by atoms with E-state index in [0.717, 1.165) is 13.0 Å². The van der Waals surface area contributed by atoms with Gasteiger partial charge in [0.05, 0.1) is 0 Å². The molecule has 4 nitrogen and oxygen atoms in total. The van der Waals surface area contributed by atoms with Gasteiger partial charge in [-0.3, -0.25) is 9.69 Å². The van der Waals surface area contributed by atoms with Crippen LogP contribution >= 0.6 is 0 Å². The maximum absolute atomic E-state index is 11.9. The van der Waals surface area contributed by atoms with Crippen LogP contribution in [0.2, 0.25) is 0 Å². The van der Waals surface area contributed by atoms with E-state index in [1.807, 2.05) is 0 Å². The van der Waals surface area contributed by atoms with E-state index in [1.54, 1.807) is 0 Å². The third-order valence-electron chi connectivity index (χ3n) is 4.60. The van der Waals surface area contributed by atoms with Crippen LogP contribution in [-0.2, 0) is 4.79 Å². The van der Waals surface area contributed by atoms with E-state index in [-0.39, 0.29) is 11.9 Å². The highest BCUT2D eigenvalue weighted by Crippen LogP contribution is 2.33. The number of hydrogen-bond donors (Lipinski definition) is 2. The molecule has 1 aliphatic carbocycles. The van der Waals surface area contributed by atoms with Gasteiger partial charge in [0.1, 0.15) is 0 Å². The summed E-state index contributed by atoms with van der Waals surface area (Å²) in [6.45, 7) is 2.38. The summed E-state index contributed by atoms with van der Waals surface area (Å²) >= 11 is 0. The summed E-state index contributed by atoms with van der Waals surface area (Å²) < 4.78 is 0. The molecule has 2 heterocycles. The fourth-order valence-electron chi connectivity index (χ4n) is 3.42. The van der Waals surface area contributed by atoms with Crippen molar-refractivity contribution in [2.24, 2.45) is 11.7 Å². The van der Waals surface area contributed by atoms with E-state index in [4.69, 9.17) is 5.73 Å². The summed E-state index contributed by atoms with van der Waals surface area (Å²) in [5.74, 6) is 0.787. The molecule has 1 amide bonds. The molecule has 17 heavy (non-hydrogen) atoms. The topological polar surface area (TPSA) is 58.4 Å². The summed E-state index contributed by atoms with van der Waals surface area (Å²) in [4.78, 5) is 14.4. The minimum absolute atomic E-state index is 0.0936. The molecule has 3 N–H and O–H groups in total. The Bertz CT molecular complexity index is 303. The molecular formula is C13H23N3O. The minimum atomic E-state index is 0.0936. The minimum Gasteiger partial charge on any atom is -0.352 e. The number of hydrogen-bond acceptors (Lipinski definition) is 3. The Morgan fingerprint density at radius 3 is 2.88 bits per heavy atom. The van der Waals surface area contributed by atoms with Crippen LogP contribution < -0.4 is 11.1 Å². The van der Waals surface area contributed by atoms with Crippen LogP contribution in [0.1, 0.15) is 38.5 Å². The Morgan fingerprint density at radius 2 is 2.12 bits per heavy atom. The Balaban J connectivity index is 1.47. The first-order valence-corrected chi connectivity index (χ1v) is 7.03. The van der Waals surface area contributed by atoms with Gasteiger partial charge < -0.3 is 11.1 Å². The van der Waals surface area contributed by atoms with Gasteiger partial charge >= 0.3 is 0 Å². The largest absolute Gasteiger partial charge is 0.352 e. The predicted molar refractivity (Wildman–Crippen MR) is 66.5 cm³/mol. The summed E-state index contributed by atoms with van der Waals surface area (Å²) in [5.41, 5.74) is 5.99. The zero-order valence-corrected chi connectivity index (χ0v) is 10.4. The van der Waals surface area contributed by atoms with Crippen LogP contribution in [0.15, 0.2) is 0 Å². The molecular weight excluding hydrogens is 214 g/mol. The van der Waals surface area contributed by atoms with Crippen molar-refractivity contribution in [2.45, 2.75) is 56.7 Å². The number of amides is 1. The molecule has 0 radical (unpaired) electrons. The van der Waals surface area contributed by atoms with Gasteiger partial charge in [0.2, 0.25) is 5.91 Å². The first kappa shape index (κ1) is 11.5. The quantitative estimate of drug-likeness (QED) is 0.747. The molecule has 0 aromatic heterocycles. The molecule has 96 valence electrons. The van der Waals surface area contributed by atoms with Crippen molar-refractivity contribution in [2.75, 3.05) is 13.1 Å². The van der Waals surface area contributed by atoms with Gasteiger partial charge in [-0.05, 0) is 44.6 Å². The number of nitrogens with zero attached hydrogens (tertiary/aromatic N) is 1. The standard InChI is InChI=1S/C13H23N3O/c14-10(9-3-4-9)8-13(17)15-11-5-7-16-6-1-2-12(11)16/h9-12H,1-8,14H2,(H,15,17). The zero-order valence-electron chi connectivity index (χ0n) is 10.4. The van der Waals surface area contributed by atoms with Crippen LogP contribution in [0, 0.1) is 5.92 Å². The van der Waals surface area contributed by atoms with Crippen LogP contribution in [0.25, 0.3) is 0 Å². The average Bonchev–Trinajstić information content (AvgIpc) is 2.93. The lowest BCUT2D eigenvalue weighted by atomic mass is 10.1. The molecule has 3 atom stereocenters. The molecule has 0 spiro atoms. The lowest BCUT2D eigenvalue weighted by Crippen LogP contribution is -2.44. The monoisotopic (exact) mass is 237 g/mol. The predicted octanol–water partition coefficient (Wildman–Crippen LogP) is 0.467. The Morgan fingerprint density at radius 1 is 1.29 bits per heavy atom. The normalized spacial score (nSPS) is 34.6. The van der Waals surface area contributed by atoms with Crippen molar-refractivity contribution in [3.63, 3.8) is 0 Å². The van der Waals surface area contributed by atoms with Gasteiger partial charge in [0, 0.05) is 31.1 Å². The smallest absolute Gasteiger partial charge is 0.221 e. The highest BCUT2D eigenvalue weighted by atomic mass is 16.1. The molecule has 0 aromatic carbocycles. The summed E-state index contributed by atoms with van der Waals surface area (Å²) in [5, 5.41) is 3.20. The van der Waals surface area contributed by atoms with Gasteiger partial charge in [-0.2, -0.15) is 0 Å². The molecule has 2 saturated heterocycles. The lowest BCUT2D eigenvalue weighted by molar-refractivity contribution is -0.122. The highest BCUT2D eigenvalue weighted by molar-refractivity contribution is 5.77. The van der Waals surface area contributed by atoms with E-state index in [2.05, 4.69) is 10.2 Å². The molecule has 0 bridgehead atoms. The number of nitrogens with one attached hydrogen (secondary N) is 1. The lowest BCUT2D eigenvalue weighted by Gasteiger charge is -2.22. The molecule has 3 fully saturated rings. The Hall–Kier alpha value is -0.610. The second kappa shape index (κ2) is 4.58. The molecule has 3 unspecified atom stereocenters. The van der Waals surface area contributed by atoms with E-state index < -0.39 is 0 Å². The van der Waals surface area contributed by atoms with Crippen molar-refractivity contribution in [3.8, 4) is 0 Å². The number of carbonyl (C=O) groups is 1. The molecule has 3 rings (SSSR count). The van der Waals surface area contributed by atoms with Crippen LogP contribution in [-0.4, -0.2) is 42.0 Å². The van der Waals surface area contributed by atoms with Gasteiger partial charge in [0.15, 0.2) is 0 Å². The third kappa shape index (κ3) is 2.47. The summed E-state index contributed by atoms with van der Waals surface area (Å²) in [7, 11) is 0. The fourth-order valence-corrected chi connectivity index (χ4v) is 3.42. The second-order valence-corrected chi connectivity index (χ2v) is 5.91. The first-order valence-electron chi connectivity index (χ1n) is 7.03. The van der Waals surface area contributed by atoms with E-state index in [0.29, 0.717) is 24.4 Å². The highest BCUT2D eigenvalue weighted by Gasteiger charge is 2.38. The number of nitrogens with two attached hydrogens (primary N) is 1. The first-order chi connectivity index (χ1) is 8.24. The molecule has 4 heteroatoms. The average molecular weight is 237 g/mol. The molecule has 1 saturated carbocycles. The summed E-state index contributed by atoms with van der Waals surface area (Å²) in [6, 6.07) is 1.09. The third-order valence-corrected chi connectivity index (χ3v) is 4.60.